The molecule has 3 rings (SSSR count). The molecule has 2 aliphatic rings. The highest BCUT2D eigenvalue weighted by Crippen LogP contribution is 2.23. The molecule has 10 heteroatoms. The average Bonchev–Trinajstić information content (AvgIpc) is 3.36. The lowest BCUT2D eigenvalue weighted by atomic mass is 10.1. The van der Waals surface area contributed by atoms with Crippen LogP contribution in [0, 0.1) is 0 Å². The van der Waals surface area contributed by atoms with Gasteiger partial charge in [0.15, 0.2) is 12.2 Å². The Morgan fingerprint density at radius 3 is 2.38 bits per heavy atom. The number of rotatable bonds is 8. The molecule has 4 amide bonds. The number of aliphatic hydroxyl groups is 2. The van der Waals surface area contributed by atoms with Crippen molar-refractivity contribution in [1.82, 2.24) is 20.0 Å². The second-order valence-corrected chi connectivity index (χ2v) is 8.88. The summed E-state index contributed by atoms with van der Waals surface area (Å²) < 4.78 is 0.791. The molecule has 1 aromatic carbocycles. The predicted octanol–water partition coefficient (Wildman–Crippen LogP) is 0.917. The van der Waals surface area contributed by atoms with Gasteiger partial charge in [0.05, 0.1) is 5.70 Å². The Bertz CT molecular complexity index is 921. The van der Waals surface area contributed by atoms with Crippen LogP contribution >= 0.6 is 15.9 Å². The molecule has 3 N–H and O–H groups in total. The number of allylic oxidation sites excluding steroid dienone is 2. The molecule has 0 saturated carbocycles. The largest absolute Gasteiger partial charge is 0.380 e. The normalized spacial score (nSPS) is 18.2. The monoisotopic (exact) mass is 506 g/mol. The third-order valence-corrected chi connectivity index (χ3v) is 5.99. The van der Waals surface area contributed by atoms with Crippen LogP contribution in [-0.4, -0.2) is 81.1 Å². The van der Waals surface area contributed by atoms with Gasteiger partial charge in [0, 0.05) is 43.8 Å². The van der Waals surface area contributed by atoms with Crippen LogP contribution in [0.3, 0.4) is 0 Å². The summed E-state index contributed by atoms with van der Waals surface area (Å²) in [5, 5.41) is 22.9. The fraction of sp³-hybridized carbons (Fsp3) is 0.409. The van der Waals surface area contributed by atoms with Crippen molar-refractivity contribution in [3.63, 3.8) is 0 Å². The van der Waals surface area contributed by atoms with E-state index < -0.39 is 24.0 Å². The number of carbonyl (C=O) groups is 3. The van der Waals surface area contributed by atoms with Crippen molar-refractivity contribution in [2.75, 3.05) is 26.2 Å². The third-order valence-electron chi connectivity index (χ3n) is 5.59. The highest BCUT2D eigenvalue weighted by molar-refractivity contribution is 9.11. The van der Waals surface area contributed by atoms with Crippen molar-refractivity contribution in [3.8, 4) is 0 Å². The van der Waals surface area contributed by atoms with Crippen LogP contribution in [0.15, 0.2) is 47.1 Å². The van der Waals surface area contributed by atoms with Crippen molar-refractivity contribution in [1.29, 1.82) is 0 Å². The number of carbonyl (C=O) groups excluding carboxylic acids is 3. The zero-order valence-corrected chi connectivity index (χ0v) is 19.4. The van der Waals surface area contributed by atoms with Gasteiger partial charge in [0.2, 0.25) is 0 Å². The fourth-order valence-corrected chi connectivity index (χ4v) is 4.20. The number of nitrogens with zero attached hydrogens (tertiary/aromatic N) is 3. The lowest BCUT2D eigenvalue weighted by Gasteiger charge is -2.23. The van der Waals surface area contributed by atoms with Crippen LogP contribution < -0.4 is 5.32 Å². The van der Waals surface area contributed by atoms with Gasteiger partial charge in [-0.05, 0) is 24.1 Å². The summed E-state index contributed by atoms with van der Waals surface area (Å²) >= 11 is 3.36. The molecule has 2 heterocycles. The van der Waals surface area contributed by atoms with E-state index in [2.05, 4.69) is 27.8 Å². The van der Waals surface area contributed by atoms with Crippen LogP contribution in [0.4, 0.5) is 4.79 Å². The van der Waals surface area contributed by atoms with E-state index in [1.54, 1.807) is 15.9 Å². The van der Waals surface area contributed by atoms with E-state index in [9.17, 15) is 24.6 Å². The number of hydrogen-bond acceptors (Lipinski definition) is 5. The molecular weight excluding hydrogens is 480 g/mol. The van der Waals surface area contributed by atoms with Crippen LogP contribution in [-0.2, 0) is 22.7 Å². The standard InChI is InChI=1S/C22H27BrN4O5/c1-3-17(14(2)23)27-11-10-25(22(27)32)9-8-24-20(30)18(28)19(29)21(31)26-12-15-6-4-5-7-16(15)13-26/h3-7,18-19,28-29H,1,8-13H2,2H3,(H,24,30)/b17-14-/t18-,19-/m1/s1. The molecule has 1 saturated heterocycles. The molecule has 9 nitrogen and oxygen atoms in total. The molecule has 1 fully saturated rings. The molecule has 0 spiro atoms. The first-order valence-electron chi connectivity index (χ1n) is 10.3. The maximum atomic E-state index is 12.6. The number of fused-ring (bicyclic) bond motifs is 1. The van der Waals surface area contributed by atoms with E-state index in [0.717, 1.165) is 15.6 Å². The van der Waals surface area contributed by atoms with Gasteiger partial charge < -0.3 is 25.3 Å². The lowest BCUT2D eigenvalue weighted by molar-refractivity contribution is -0.153. The first-order valence-corrected chi connectivity index (χ1v) is 11.1. The Balaban J connectivity index is 1.47. The van der Waals surface area contributed by atoms with E-state index in [4.69, 9.17) is 0 Å². The number of nitrogens with one attached hydrogen (secondary N) is 1. The van der Waals surface area contributed by atoms with Crippen molar-refractivity contribution < 1.29 is 24.6 Å². The number of amides is 4. The number of hydrogen-bond donors (Lipinski definition) is 3. The molecule has 0 unspecified atom stereocenters. The Labute approximate surface area is 195 Å². The average molecular weight is 507 g/mol. The van der Waals surface area contributed by atoms with Gasteiger partial charge in [0.25, 0.3) is 11.8 Å². The van der Waals surface area contributed by atoms with Crippen molar-refractivity contribution in [2.45, 2.75) is 32.2 Å². The molecule has 0 bridgehead atoms. The lowest BCUT2D eigenvalue weighted by Crippen LogP contribution is -2.50. The molecule has 32 heavy (non-hydrogen) atoms. The minimum Gasteiger partial charge on any atom is -0.380 e. The second-order valence-electron chi connectivity index (χ2n) is 7.69. The van der Waals surface area contributed by atoms with Gasteiger partial charge in [-0.3, -0.25) is 14.5 Å². The molecule has 172 valence electrons. The number of aliphatic hydroxyl groups excluding tert-OH is 2. The Morgan fingerprint density at radius 2 is 1.81 bits per heavy atom. The minimum atomic E-state index is -1.90. The molecular formula is C22H27BrN4O5. The fourth-order valence-electron chi connectivity index (χ4n) is 3.82. The van der Waals surface area contributed by atoms with Crippen LogP contribution in [0.1, 0.15) is 18.1 Å². The first-order chi connectivity index (χ1) is 15.2. The van der Waals surface area contributed by atoms with Gasteiger partial charge >= 0.3 is 6.03 Å². The zero-order valence-electron chi connectivity index (χ0n) is 17.8. The molecule has 0 aromatic heterocycles. The highest BCUT2D eigenvalue weighted by atomic mass is 79.9. The SMILES string of the molecule is C=C/C(=C(\C)Br)N1CCN(CCNC(=O)[C@H](O)[C@@H](O)C(=O)N2Cc3ccccc3C2)C1=O. The summed E-state index contributed by atoms with van der Waals surface area (Å²) in [5.74, 6) is -1.57. The number of benzene rings is 1. The summed E-state index contributed by atoms with van der Waals surface area (Å²) in [4.78, 5) is 41.9. The molecule has 1 aromatic rings. The van der Waals surface area contributed by atoms with Crippen LogP contribution in [0.2, 0.25) is 0 Å². The molecule has 2 atom stereocenters. The predicted molar refractivity (Wildman–Crippen MR) is 121 cm³/mol. The summed E-state index contributed by atoms with van der Waals surface area (Å²) in [6.07, 6.45) is -2.17. The van der Waals surface area contributed by atoms with Crippen molar-refractivity contribution in [2.24, 2.45) is 0 Å². The highest BCUT2D eigenvalue weighted by Gasteiger charge is 2.36. The van der Waals surface area contributed by atoms with Gasteiger partial charge in [0.1, 0.15) is 0 Å². The van der Waals surface area contributed by atoms with Crippen molar-refractivity contribution in [3.05, 3.63) is 58.2 Å². The van der Waals surface area contributed by atoms with Gasteiger partial charge in [-0.1, -0.05) is 46.8 Å². The van der Waals surface area contributed by atoms with Crippen LogP contribution in [0.25, 0.3) is 0 Å². The molecule has 0 aliphatic carbocycles. The first kappa shape index (κ1) is 24.0. The number of urea groups is 1. The minimum absolute atomic E-state index is 0.0754. The third kappa shape index (κ3) is 5.03. The maximum absolute atomic E-state index is 12.6. The van der Waals surface area contributed by atoms with E-state index >= 15 is 0 Å². The smallest absolute Gasteiger partial charge is 0.324 e. The topological polar surface area (TPSA) is 113 Å². The van der Waals surface area contributed by atoms with E-state index in [0.29, 0.717) is 31.9 Å². The van der Waals surface area contributed by atoms with Gasteiger partial charge in [-0.2, -0.15) is 0 Å². The summed E-state index contributed by atoms with van der Waals surface area (Å²) in [7, 11) is 0. The molecule has 2 aliphatic heterocycles. The van der Waals surface area contributed by atoms with E-state index in [1.807, 2.05) is 31.2 Å². The van der Waals surface area contributed by atoms with E-state index in [-0.39, 0.29) is 19.1 Å². The van der Waals surface area contributed by atoms with Gasteiger partial charge in [-0.25, -0.2) is 4.79 Å². The summed E-state index contributed by atoms with van der Waals surface area (Å²) in [6.45, 7) is 7.46. The van der Waals surface area contributed by atoms with E-state index in [1.165, 1.54) is 4.90 Å². The summed E-state index contributed by atoms with van der Waals surface area (Å²) in [6, 6.07) is 7.31. The zero-order chi connectivity index (χ0) is 23.4. The Kier molecular flexibility index (Phi) is 7.70. The summed E-state index contributed by atoms with van der Waals surface area (Å²) in [5.41, 5.74) is 2.63. The Morgan fingerprint density at radius 1 is 1.19 bits per heavy atom. The Hall–Kier alpha value is -2.69. The quantitative estimate of drug-likeness (QED) is 0.453. The maximum Gasteiger partial charge on any atom is 0.324 e. The van der Waals surface area contributed by atoms with Gasteiger partial charge in [-0.15, -0.1) is 0 Å². The second kappa shape index (κ2) is 10.3. The number of halogens is 1. The molecule has 0 radical (unpaired) electrons. The van der Waals surface area contributed by atoms with Crippen molar-refractivity contribution >= 4 is 33.8 Å². The van der Waals surface area contributed by atoms with Crippen LogP contribution in [0.5, 0.6) is 0 Å².